The van der Waals surface area contributed by atoms with Crippen LogP contribution in [0.5, 0.6) is 5.88 Å². The van der Waals surface area contributed by atoms with Gasteiger partial charge in [0.2, 0.25) is 5.88 Å². The first-order valence-corrected chi connectivity index (χ1v) is 7.57. The largest absolute Gasteiger partial charge is 0.478 e. The van der Waals surface area contributed by atoms with Crippen LogP contribution in [-0.4, -0.2) is 22.2 Å². The number of benzene rings is 1. The Morgan fingerprint density at radius 2 is 1.96 bits per heavy atom. The molecule has 23 heavy (non-hydrogen) atoms. The number of rotatable bonds is 6. The summed E-state index contributed by atoms with van der Waals surface area (Å²) >= 11 is 0. The monoisotopic (exact) mass is 311 g/mol. The van der Waals surface area contributed by atoms with E-state index < -0.39 is 5.97 Å². The van der Waals surface area contributed by atoms with Gasteiger partial charge in [0, 0.05) is 23.8 Å². The molecule has 0 saturated heterocycles. The number of hydrogen-bond donors (Lipinski definition) is 1. The van der Waals surface area contributed by atoms with E-state index in [0.717, 1.165) is 23.1 Å². The highest BCUT2D eigenvalue weighted by Crippen LogP contribution is 2.20. The quantitative estimate of drug-likeness (QED) is 0.821. The van der Waals surface area contributed by atoms with Crippen LogP contribution in [0.1, 0.15) is 37.5 Å². The maximum Gasteiger partial charge on any atom is 0.331 e. The number of pyridine rings is 1. The van der Waals surface area contributed by atoms with Crippen molar-refractivity contribution in [1.29, 1.82) is 0 Å². The molecule has 2 rings (SSSR count). The average molecular weight is 311 g/mol. The van der Waals surface area contributed by atoms with E-state index in [0.29, 0.717) is 11.5 Å². The molecule has 2 aromatic rings. The molecule has 0 fully saturated rings. The number of ether oxygens (including phenoxy) is 1. The Labute approximate surface area is 136 Å². The molecular formula is C19H21NO3. The van der Waals surface area contributed by atoms with Gasteiger partial charge in [0.15, 0.2) is 0 Å². The number of carboxylic acids is 1. The van der Waals surface area contributed by atoms with Gasteiger partial charge in [-0.05, 0) is 44.0 Å². The summed E-state index contributed by atoms with van der Waals surface area (Å²) in [5, 5.41) is 8.91. The second-order valence-corrected chi connectivity index (χ2v) is 5.69. The molecule has 0 aliphatic rings. The molecule has 0 amide bonds. The maximum atomic E-state index is 10.8. The van der Waals surface area contributed by atoms with Crippen molar-refractivity contribution in [2.75, 3.05) is 0 Å². The lowest BCUT2D eigenvalue weighted by Crippen LogP contribution is -2.09. The molecule has 0 bridgehead atoms. The average Bonchev–Trinajstić information content (AvgIpc) is 2.50. The molecule has 0 unspecified atom stereocenters. The number of aliphatic carboxylic acids is 1. The summed E-state index contributed by atoms with van der Waals surface area (Å²) in [5.74, 6) is -0.242. The molecule has 1 aromatic heterocycles. The Balaban J connectivity index is 2.16. The molecule has 0 radical (unpaired) electrons. The van der Waals surface area contributed by atoms with Crippen LogP contribution in [-0.2, 0) is 11.2 Å². The fourth-order valence-electron chi connectivity index (χ4n) is 2.15. The molecule has 0 atom stereocenters. The van der Waals surface area contributed by atoms with E-state index in [2.05, 4.69) is 4.98 Å². The molecule has 4 nitrogen and oxygen atoms in total. The molecule has 0 aliphatic carbocycles. The third kappa shape index (κ3) is 4.95. The first kappa shape index (κ1) is 16.7. The molecule has 1 heterocycles. The van der Waals surface area contributed by atoms with Crippen molar-refractivity contribution < 1.29 is 14.6 Å². The Hall–Kier alpha value is -2.62. The highest BCUT2D eigenvalue weighted by molar-refractivity contribution is 5.91. The topological polar surface area (TPSA) is 59.4 Å². The molecule has 0 spiro atoms. The normalized spacial score (nSPS) is 11.6. The van der Waals surface area contributed by atoms with Crippen molar-refractivity contribution in [3.8, 4) is 5.88 Å². The number of aromatic nitrogens is 1. The van der Waals surface area contributed by atoms with Crippen molar-refractivity contribution in [2.45, 2.75) is 33.3 Å². The standard InChI is InChI=1S/C19H21NO3/c1-13(2)23-18-17(5-4-10-20-18)12-16-8-6-15(7-9-16)11-14(3)19(21)22/h4-11,13H,12H2,1-3H3,(H,21,22)/b14-11+. The molecule has 120 valence electrons. The van der Waals surface area contributed by atoms with Crippen LogP contribution >= 0.6 is 0 Å². The Morgan fingerprint density at radius 1 is 1.26 bits per heavy atom. The van der Waals surface area contributed by atoms with Gasteiger partial charge in [-0.3, -0.25) is 0 Å². The summed E-state index contributed by atoms with van der Waals surface area (Å²) in [6.07, 6.45) is 4.18. The summed E-state index contributed by atoms with van der Waals surface area (Å²) in [5.41, 5.74) is 3.35. The Kier molecular flexibility index (Phi) is 5.52. The van der Waals surface area contributed by atoms with Gasteiger partial charge < -0.3 is 9.84 Å². The van der Waals surface area contributed by atoms with Gasteiger partial charge in [0.1, 0.15) is 0 Å². The highest BCUT2D eigenvalue weighted by Gasteiger charge is 2.07. The lowest BCUT2D eigenvalue weighted by atomic mass is 10.0. The highest BCUT2D eigenvalue weighted by atomic mass is 16.5. The van der Waals surface area contributed by atoms with Crippen LogP contribution < -0.4 is 4.74 Å². The minimum atomic E-state index is -0.903. The zero-order chi connectivity index (χ0) is 16.8. The molecule has 0 saturated carbocycles. The van der Waals surface area contributed by atoms with Crippen LogP contribution in [0.4, 0.5) is 0 Å². The van der Waals surface area contributed by atoms with Gasteiger partial charge >= 0.3 is 5.97 Å². The zero-order valence-corrected chi connectivity index (χ0v) is 13.6. The third-order valence-corrected chi connectivity index (χ3v) is 3.29. The maximum absolute atomic E-state index is 10.8. The minimum absolute atomic E-state index is 0.0788. The van der Waals surface area contributed by atoms with Gasteiger partial charge in [-0.15, -0.1) is 0 Å². The number of hydrogen-bond acceptors (Lipinski definition) is 3. The van der Waals surface area contributed by atoms with Gasteiger partial charge in [0.05, 0.1) is 6.10 Å². The van der Waals surface area contributed by atoms with Gasteiger partial charge in [-0.1, -0.05) is 30.3 Å². The van der Waals surface area contributed by atoms with Crippen molar-refractivity contribution >= 4 is 12.0 Å². The second-order valence-electron chi connectivity index (χ2n) is 5.69. The van der Waals surface area contributed by atoms with Crippen molar-refractivity contribution in [3.05, 3.63) is 64.9 Å². The van der Waals surface area contributed by atoms with E-state index in [1.54, 1.807) is 19.2 Å². The summed E-state index contributed by atoms with van der Waals surface area (Å²) in [4.78, 5) is 15.1. The minimum Gasteiger partial charge on any atom is -0.478 e. The van der Waals surface area contributed by atoms with E-state index in [1.807, 2.05) is 50.2 Å². The van der Waals surface area contributed by atoms with E-state index >= 15 is 0 Å². The SMILES string of the molecule is C/C(=C\c1ccc(Cc2cccnc2OC(C)C)cc1)C(=O)O. The van der Waals surface area contributed by atoms with Crippen LogP contribution in [0.2, 0.25) is 0 Å². The van der Waals surface area contributed by atoms with Crippen LogP contribution in [0.25, 0.3) is 6.08 Å². The molecular weight excluding hydrogens is 290 g/mol. The Morgan fingerprint density at radius 3 is 2.57 bits per heavy atom. The summed E-state index contributed by atoms with van der Waals surface area (Å²) in [7, 11) is 0. The summed E-state index contributed by atoms with van der Waals surface area (Å²) in [6.45, 7) is 5.54. The van der Waals surface area contributed by atoms with Gasteiger partial charge in [-0.2, -0.15) is 0 Å². The second kappa shape index (κ2) is 7.58. The number of carbonyl (C=O) groups is 1. The lowest BCUT2D eigenvalue weighted by Gasteiger charge is -2.12. The number of carboxylic acid groups (broad SMARTS) is 1. The van der Waals surface area contributed by atoms with E-state index in [9.17, 15) is 4.79 Å². The lowest BCUT2D eigenvalue weighted by molar-refractivity contribution is -0.132. The van der Waals surface area contributed by atoms with E-state index in [-0.39, 0.29) is 6.10 Å². The zero-order valence-electron chi connectivity index (χ0n) is 13.6. The van der Waals surface area contributed by atoms with Crippen molar-refractivity contribution in [3.63, 3.8) is 0 Å². The smallest absolute Gasteiger partial charge is 0.331 e. The van der Waals surface area contributed by atoms with Gasteiger partial charge in [-0.25, -0.2) is 9.78 Å². The predicted molar refractivity (Wildman–Crippen MR) is 90.5 cm³/mol. The van der Waals surface area contributed by atoms with E-state index in [4.69, 9.17) is 9.84 Å². The van der Waals surface area contributed by atoms with Crippen LogP contribution in [0.3, 0.4) is 0 Å². The first-order valence-electron chi connectivity index (χ1n) is 7.57. The summed E-state index contributed by atoms with van der Waals surface area (Å²) in [6, 6.07) is 11.7. The van der Waals surface area contributed by atoms with E-state index in [1.165, 1.54) is 0 Å². The Bertz CT molecular complexity index is 703. The fraction of sp³-hybridized carbons (Fsp3) is 0.263. The van der Waals surface area contributed by atoms with Gasteiger partial charge in [0.25, 0.3) is 0 Å². The van der Waals surface area contributed by atoms with Crippen LogP contribution in [0.15, 0.2) is 48.2 Å². The third-order valence-electron chi connectivity index (χ3n) is 3.29. The predicted octanol–water partition coefficient (Wildman–Crippen LogP) is 3.95. The van der Waals surface area contributed by atoms with Crippen molar-refractivity contribution in [1.82, 2.24) is 4.98 Å². The molecule has 1 N–H and O–H groups in total. The summed E-state index contributed by atoms with van der Waals surface area (Å²) < 4.78 is 5.73. The molecule has 0 aliphatic heterocycles. The molecule has 1 aromatic carbocycles. The number of nitrogens with zero attached hydrogens (tertiary/aromatic N) is 1. The van der Waals surface area contributed by atoms with Crippen molar-refractivity contribution in [2.24, 2.45) is 0 Å². The fourth-order valence-corrected chi connectivity index (χ4v) is 2.15. The molecule has 4 heteroatoms. The van der Waals surface area contributed by atoms with Crippen LogP contribution in [0, 0.1) is 0 Å². The first-order chi connectivity index (χ1) is 11.0.